The summed E-state index contributed by atoms with van der Waals surface area (Å²) in [6.07, 6.45) is 6.84. The molecule has 1 amide bonds. The SMILES string of the molecule is O=C(O)N1CC2CC1CN2c1ccc(-c2ccnc3c(-c4ccc(F)c5[nH]ncc45)c(-c4ccncc4)nn23)cc1. The van der Waals surface area contributed by atoms with Crippen molar-refractivity contribution in [3.63, 3.8) is 0 Å². The molecule has 2 aliphatic heterocycles. The van der Waals surface area contributed by atoms with Gasteiger partial charge in [0.1, 0.15) is 17.0 Å². The molecule has 10 nitrogen and oxygen atoms in total. The molecule has 0 spiro atoms. The van der Waals surface area contributed by atoms with Crippen LogP contribution in [0.2, 0.25) is 0 Å². The number of aromatic amines is 1. The van der Waals surface area contributed by atoms with Gasteiger partial charge < -0.3 is 14.9 Å². The summed E-state index contributed by atoms with van der Waals surface area (Å²) >= 11 is 0. The van der Waals surface area contributed by atoms with E-state index in [0.717, 1.165) is 40.1 Å². The average Bonchev–Trinajstić information content (AvgIpc) is 3.81. The molecule has 2 atom stereocenters. The van der Waals surface area contributed by atoms with Crippen LogP contribution < -0.4 is 4.90 Å². The highest BCUT2D eigenvalue weighted by molar-refractivity contribution is 6.03. The van der Waals surface area contributed by atoms with E-state index in [1.807, 2.05) is 22.7 Å². The molecule has 2 aromatic carbocycles. The smallest absolute Gasteiger partial charge is 0.407 e. The van der Waals surface area contributed by atoms with E-state index in [1.54, 1.807) is 35.8 Å². The van der Waals surface area contributed by atoms with Crippen molar-refractivity contribution in [2.24, 2.45) is 0 Å². The molecule has 2 N–H and O–H groups in total. The highest BCUT2D eigenvalue weighted by Gasteiger charge is 2.45. The van der Waals surface area contributed by atoms with Crippen LogP contribution in [-0.4, -0.2) is 71.1 Å². The van der Waals surface area contributed by atoms with Crippen molar-refractivity contribution < 1.29 is 14.3 Å². The summed E-state index contributed by atoms with van der Waals surface area (Å²) in [5.74, 6) is -0.376. The maximum absolute atomic E-state index is 14.6. The second-order valence-corrected chi connectivity index (χ2v) is 10.5. The number of nitrogens with zero attached hydrogens (tertiary/aromatic N) is 7. The molecule has 0 aliphatic carbocycles. The quantitative estimate of drug-likeness (QED) is 0.317. The number of fused-ring (bicyclic) bond motifs is 4. The molecular weight excluding hydrogens is 523 g/mol. The molecule has 41 heavy (non-hydrogen) atoms. The monoisotopic (exact) mass is 546 g/mol. The predicted molar refractivity (Wildman–Crippen MR) is 151 cm³/mol. The number of aromatic nitrogens is 6. The van der Waals surface area contributed by atoms with E-state index in [1.165, 1.54) is 6.07 Å². The van der Waals surface area contributed by atoms with Crippen LogP contribution in [0, 0.1) is 5.82 Å². The lowest BCUT2D eigenvalue weighted by molar-refractivity contribution is 0.137. The van der Waals surface area contributed by atoms with Crippen LogP contribution >= 0.6 is 0 Å². The maximum atomic E-state index is 14.6. The molecule has 2 saturated heterocycles. The zero-order valence-electron chi connectivity index (χ0n) is 21.6. The van der Waals surface area contributed by atoms with E-state index in [4.69, 9.17) is 10.1 Å². The van der Waals surface area contributed by atoms with E-state index < -0.39 is 6.09 Å². The van der Waals surface area contributed by atoms with Crippen LogP contribution in [-0.2, 0) is 0 Å². The Morgan fingerprint density at radius 3 is 2.54 bits per heavy atom. The van der Waals surface area contributed by atoms with Crippen molar-refractivity contribution in [2.45, 2.75) is 18.5 Å². The van der Waals surface area contributed by atoms with Crippen LogP contribution in [0.15, 0.2) is 79.4 Å². The number of carboxylic acid groups (broad SMARTS) is 1. The second kappa shape index (κ2) is 8.85. The van der Waals surface area contributed by atoms with Crippen molar-refractivity contribution in [1.82, 2.24) is 34.7 Å². The van der Waals surface area contributed by atoms with Gasteiger partial charge in [-0.05, 0) is 48.4 Å². The molecule has 8 rings (SSSR count). The lowest BCUT2D eigenvalue weighted by atomic mass is 9.98. The molecule has 6 aromatic rings. The first-order valence-corrected chi connectivity index (χ1v) is 13.3. The van der Waals surface area contributed by atoms with E-state index >= 15 is 0 Å². The topological polar surface area (TPSA) is 116 Å². The molecule has 11 heteroatoms. The van der Waals surface area contributed by atoms with Gasteiger partial charge in [-0.2, -0.15) is 10.2 Å². The normalized spacial score (nSPS) is 18.2. The lowest BCUT2D eigenvalue weighted by Gasteiger charge is -2.34. The zero-order valence-corrected chi connectivity index (χ0v) is 21.6. The Morgan fingerprint density at radius 1 is 0.951 bits per heavy atom. The molecule has 2 unspecified atom stereocenters. The number of pyridine rings is 1. The summed E-state index contributed by atoms with van der Waals surface area (Å²) in [4.78, 5) is 24.2. The number of amides is 1. The molecule has 202 valence electrons. The minimum absolute atomic E-state index is 0.0410. The van der Waals surface area contributed by atoms with E-state index in [2.05, 4.69) is 44.3 Å². The Kier molecular flexibility index (Phi) is 5.08. The van der Waals surface area contributed by atoms with Gasteiger partial charge in [-0.15, -0.1) is 0 Å². The fourth-order valence-electron chi connectivity index (χ4n) is 6.38. The molecule has 2 bridgehead atoms. The number of hydrogen-bond acceptors (Lipinski definition) is 6. The number of nitrogens with one attached hydrogen (secondary N) is 1. The number of benzene rings is 2. The highest BCUT2D eigenvalue weighted by Crippen LogP contribution is 2.40. The molecule has 6 heterocycles. The third-order valence-electron chi connectivity index (χ3n) is 8.29. The third-order valence-corrected chi connectivity index (χ3v) is 8.29. The second-order valence-electron chi connectivity index (χ2n) is 10.5. The highest BCUT2D eigenvalue weighted by atomic mass is 19.1. The summed E-state index contributed by atoms with van der Waals surface area (Å²) in [7, 11) is 0. The summed E-state index contributed by atoms with van der Waals surface area (Å²) in [6, 6.07) is 17.4. The fraction of sp³-hybridized carbons (Fsp3) is 0.167. The van der Waals surface area contributed by atoms with Crippen LogP contribution in [0.3, 0.4) is 0 Å². The van der Waals surface area contributed by atoms with Gasteiger partial charge >= 0.3 is 6.09 Å². The van der Waals surface area contributed by atoms with Crippen LogP contribution in [0.1, 0.15) is 6.42 Å². The van der Waals surface area contributed by atoms with Crippen LogP contribution in [0.5, 0.6) is 0 Å². The summed E-state index contributed by atoms with van der Waals surface area (Å²) in [5.41, 5.74) is 6.97. The Balaban J connectivity index is 1.24. The van der Waals surface area contributed by atoms with Crippen molar-refractivity contribution in [3.05, 3.63) is 85.2 Å². The van der Waals surface area contributed by atoms with E-state index in [-0.39, 0.29) is 17.9 Å². The molecule has 0 saturated carbocycles. The summed E-state index contributed by atoms with van der Waals surface area (Å²) in [5, 5.41) is 22.0. The summed E-state index contributed by atoms with van der Waals surface area (Å²) in [6.45, 7) is 1.24. The van der Waals surface area contributed by atoms with Crippen LogP contribution in [0.4, 0.5) is 14.9 Å². The zero-order chi connectivity index (χ0) is 27.7. The Morgan fingerprint density at radius 2 is 1.78 bits per heavy atom. The maximum Gasteiger partial charge on any atom is 0.407 e. The molecule has 2 aliphatic rings. The fourth-order valence-corrected chi connectivity index (χ4v) is 6.38. The lowest BCUT2D eigenvalue weighted by Crippen LogP contribution is -2.48. The van der Waals surface area contributed by atoms with Crippen molar-refractivity contribution in [3.8, 4) is 33.6 Å². The summed E-state index contributed by atoms with van der Waals surface area (Å²) < 4.78 is 16.4. The Labute approximate surface area is 232 Å². The minimum atomic E-state index is -0.840. The van der Waals surface area contributed by atoms with Gasteiger partial charge in [0.15, 0.2) is 5.65 Å². The van der Waals surface area contributed by atoms with Crippen molar-refractivity contribution in [2.75, 3.05) is 18.0 Å². The van der Waals surface area contributed by atoms with Gasteiger partial charge in [-0.25, -0.2) is 18.7 Å². The number of likely N-dealkylation sites (tertiary alicyclic amines) is 1. The minimum Gasteiger partial charge on any atom is -0.465 e. The number of H-pyrrole nitrogens is 1. The van der Waals surface area contributed by atoms with E-state index in [0.29, 0.717) is 35.3 Å². The first-order chi connectivity index (χ1) is 20.1. The standard InChI is InChI=1S/C30H23FN8O2/c31-24-6-5-22(23-14-34-35-28(23)24)26-27(18-7-10-32-11-8-18)36-39-25(9-12-33-29(26)39)17-1-3-19(4-2-17)37-15-21-13-20(37)16-38(21)30(40)41/h1-12,14,20-21H,13,15-16H2,(H,34,35)(H,40,41). The van der Waals surface area contributed by atoms with E-state index in [9.17, 15) is 14.3 Å². The predicted octanol–water partition coefficient (Wildman–Crippen LogP) is 5.08. The largest absolute Gasteiger partial charge is 0.465 e. The first-order valence-electron chi connectivity index (χ1n) is 13.3. The number of rotatable bonds is 4. The average molecular weight is 547 g/mol. The first kappa shape index (κ1) is 23.6. The Hall–Kier alpha value is -5.32. The van der Waals surface area contributed by atoms with Gasteiger partial charge in [-0.3, -0.25) is 10.1 Å². The van der Waals surface area contributed by atoms with Gasteiger partial charge in [-0.1, -0.05) is 18.2 Å². The number of piperazine rings is 1. The molecule has 4 aromatic heterocycles. The van der Waals surface area contributed by atoms with Crippen LogP contribution in [0.25, 0.3) is 50.2 Å². The van der Waals surface area contributed by atoms with Gasteiger partial charge in [0, 0.05) is 59.9 Å². The molecule has 2 fully saturated rings. The van der Waals surface area contributed by atoms with Crippen molar-refractivity contribution in [1.29, 1.82) is 0 Å². The number of carbonyl (C=O) groups is 1. The third kappa shape index (κ3) is 3.58. The molecule has 0 radical (unpaired) electrons. The number of anilines is 1. The van der Waals surface area contributed by atoms with Gasteiger partial charge in [0.2, 0.25) is 0 Å². The molecular formula is C30H23FN8O2. The number of halogens is 1. The van der Waals surface area contributed by atoms with Crippen molar-refractivity contribution >= 4 is 28.3 Å². The van der Waals surface area contributed by atoms with Gasteiger partial charge in [0.05, 0.1) is 23.5 Å². The Bertz CT molecular complexity index is 1950. The van der Waals surface area contributed by atoms with Gasteiger partial charge in [0.25, 0.3) is 0 Å². The number of hydrogen-bond donors (Lipinski definition) is 2.